The zero-order chi connectivity index (χ0) is 13.0. The molecule has 2 fully saturated rings. The molecule has 0 saturated heterocycles. The molecule has 3 unspecified atom stereocenters. The standard InChI is InChI=1S/C15H23NO2/c1-14(2,3)18-13(17)16-15-7-10-4-11(8-15)6-12(5-10)9-15/h4,10,12H,5-9H2,1-3H3,(H,16,17). The summed E-state index contributed by atoms with van der Waals surface area (Å²) in [7, 11) is 0. The zero-order valence-corrected chi connectivity index (χ0v) is 11.6. The summed E-state index contributed by atoms with van der Waals surface area (Å²) in [6.45, 7) is 5.73. The van der Waals surface area contributed by atoms with Crippen molar-refractivity contribution in [3.05, 3.63) is 11.6 Å². The average molecular weight is 249 g/mol. The van der Waals surface area contributed by atoms with Gasteiger partial charge in [0.2, 0.25) is 0 Å². The Morgan fingerprint density at radius 3 is 2.83 bits per heavy atom. The SMILES string of the molecule is CC(C)(C)OC(=O)NC12CC3=CC(CC(C3)C1)C2. The predicted molar refractivity (Wildman–Crippen MR) is 70.2 cm³/mol. The zero-order valence-electron chi connectivity index (χ0n) is 11.6. The van der Waals surface area contributed by atoms with Crippen molar-refractivity contribution in [2.75, 3.05) is 0 Å². The molecule has 0 radical (unpaired) electrons. The molecule has 4 bridgehead atoms. The Labute approximate surface area is 109 Å². The van der Waals surface area contributed by atoms with Gasteiger partial charge in [0.1, 0.15) is 5.60 Å². The molecule has 4 rings (SSSR count). The van der Waals surface area contributed by atoms with Gasteiger partial charge in [0, 0.05) is 5.54 Å². The Morgan fingerprint density at radius 2 is 2.22 bits per heavy atom. The lowest BCUT2D eigenvalue weighted by Gasteiger charge is -2.52. The number of allylic oxidation sites excluding steroid dienone is 1. The summed E-state index contributed by atoms with van der Waals surface area (Å²) in [6, 6.07) is 0. The second-order valence-corrected chi connectivity index (χ2v) is 7.38. The van der Waals surface area contributed by atoms with Crippen molar-refractivity contribution in [3.8, 4) is 0 Å². The molecule has 4 aliphatic rings. The van der Waals surface area contributed by atoms with Gasteiger partial charge in [0.15, 0.2) is 0 Å². The molecule has 0 spiro atoms. The van der Waals surface area contributed by atoms with Gasteiger partial charge in [-0.2, -0.15) is 0 Å². The van der Waals surface area contributed by atoms with Crippen molar-refractivity contribution < 1.29 is 9.53 Å². The summed E-state index contributed by atoms with van der Waals surface area (Å²) in [5.41, 5.74) is 1.15. The van der Waals surface area contributed by atoms with E-state index in [-0.39, 0.29) is 11.6 Å². The Bertz CT molecular complexity index is 407. The molecule has 3 nitrogen and oxygen atoms in total. The van der Waals surface area contributed by atoms with Crippen LogP contribution in [0, 0.1) is 11.8 Å². The minimum atomic E-state index is -0.411. The van der Waals surface area contributed by atoms with E-state index in [0.29, 0.717) is 5.92 Å². The van der Waals surface area contributed by atoms with Crippen LogP contribution in [0.1, 0.15) is 52.9 Å². The first-order chi connectivity index (χ1) is 8.34. The van der Waals surface area contributed by atoms with Crippen LogP contribution >= 0.6 is 0 Å². The van der Waals surface area contributed by atoms with Crippen LogP contribution in [-0.4, -0.2) is 17.2 Å². The molecule has 0 aromatic carbocycles. The first-order valence-corrected chi connectivity index (χ1v) is 7.04. The fourth-order valence-corrected chi connectivity index (χ4v) is 4.16. The second kappa shape index (κ2) is 3.75. The molecule has 1 N–H and O–H groups in total. The maximum absolute atomic E-state index is 12.0. The van der Waals surface area contributed by atoms with Gasteiger partial charge in [0.05, 0.1) is 0 Å². The maximum atomic E-state index is 12.0. The minimum Gasteiger partial charge on any atom is -0.444 e. The van der Waals surface area contributed by atoms with Crippen LogP contribution in [0.15, 0.2) is 11.6 Å². The fraction of sp³-hybridized carbons (Fsp3) is 0.800. The number of carbonyl (C=O) groups excluding carboxylic acids is 1. The molecule has 100 valence electrons. The van der Waals surface area contributed by atoms with Gasteiger partial charge in [0.25, 0.3) is 0 Å². The predicted octanol–water partition coefficient (Wildman–Crippen LogP) is 3.40. The van der Waals surface area contributed by atoms with Crippen molar-refractivity contribution in [1.82, 2.24) is 5.32 Å². The van der Waals surface area contributed by atoms with E-state index in [4.69, 9.17) is 4.74 Å². The minimum absolute atomic E-state index is 0.00174. The Hall–Kier alpha value is -0.990. The summed E-state index contributed by atoms with van der Waals surface area (Å²) in [4.78, 5) is 12.0. The average Bonchev–Trinajstić information content (AvgIpc) is 2.09. The summed E-state index contributed by atoms with van der Waals surface area (Å²) in [6.07, 6.45) is 8.07. The van der Waals surface area contributed by atoms with Crippen LogP contribution in [0.4, 0.5) is 4.79 Å². The number of amides is 1. The summed E-state index contributed by atoms with van der Waals surface area (Å²) in [5, 5.41) is 3.18. The highest BCUT2D eigenvalue weighted by Gasteiger charge is 2.48. The van der Waals surface area contributed by atoms with Crippen molar-refractivity contribution in [3.63, 3.8) is 0 Å². The lowest BCUT2D eigenvalue weighted by atomic mass is 9.57. The van der Waals surface area contributed by atoms with Gasteiger partial charge in [-0.3, -0.25) is 0 Å². The second-order valence-electron chi connectivity index (χ2n) is 7.38. The van der Waals surface area contributed by atoms with E-state index < -0.39 is 5.60 Å². The molecule has 3 atom stereocenters. The van der Waals surface area contributed by atoms with Crippen LogP contribution in [-0.2, 0) is 4.74 Å². The smallest absolute Gasteiger partial charge is 0.408 e. The van der Waals surface area contributed by atoms with E-state index in [1.54, 1.807) is 5.57 Å². The van der Waals surface area contributed by atoms with Gasteiger partial charge in [-0.25, -0.2) is 4.79 Å². The molecule has 1 amide bonds. The van der Waals surface area contributed by atoms with Crippen molar-refractivity contribution >= 4 is 6.09 Å². The summed E-state index contributed by atoms with van der Waals surface area (Å²) in [5.74, 6) is 1.48. The highest BCUT2D eigenvalue weighted by atomic mass is 16.6. The lowest BCUT2D eigenvalue weighted by Crippen LogP contribution is -2.57. The third-order valence-electron chi connectivity index (χ3n) is 4.32. The van der Waals surface area contributed by atoms with E-state index in [1.165, 1.54) is 12.8 Å². The van der Waals surface area contributed by atoms with E-state index >= 15 is 0 Å². The Morgan fingerprint density at radius 1 is 1.44 bits per heavy atom. The van der Waals surface area contributed by atoms with Gasteiger partial charge in [-0.15, -0.1) is 0 Å². The highest BCUT2D eigenvalue weighted by Crippen LogP contribution is 2.52. The number of nitrogens with one attached hydrogen (secondary N) is 1. The normalized spacial score (nSPS) is 37.4. The van der Waals surface area contributed by atoms with E-state index in [9.17, 15) is 4.79 Å². The van der Waals surface area contributed by atoms with Crippen molar-refractivity contribution in [1.29, 1.82) is 0 Å². The number of hydrogen-bond acceptors (Lipinski definition) is 2. The Balaban J connectivity index is 1.70. The topological polar surface area (TPSA) is 38.3 Å². The summed E-state index contributed by atoms with van der Waals surface area (Å²) >= 11 is 0. The lowest BCUT2D eigenvalue weighted by molar-refractivity contribution is 0.0316. The quantitative estimate of drug-likeness (QED) is 0.723. The molecule has 0 aliphatic heterocycles. The van der Waals surface area contributed by atoms with E-state index in [2.05, 4.69) is 11.4 Å². The third kappa shape index (κ3) is 2.27. The molecule has 3 heteroatoms. The van der Waals surface area contributed by atoms with Crippen LogP contribution in [0.5, 0.6) is 0 Å². The Kier molecular flexibility index (Phi) is 2.51. The molecular weight excluding hydrogens is 226 g/mol. The molecule has 0 aromatic heterocycles. The van der Waals surface area contributed by atoms with Crippen molar-refractivity contribution in [2.45, 2.75) is 64.0 Å². The molecule has 0 aromatic rings. The number of hydrogen-bond donors (Lipinski definition) is 1. The van der Waals surface area contributed by atoms with Gasteiger partial charge < -0.3 is 10.1 Å². The third-order valence-corrected chi connectivity index (χ3v) is 4.32. The maximum Gasteiger partial charge on any atom is 0.408 e. The summed E-state index contributed by atoms with van der Waals surface area (Å²) < 4.78 is 5.41. The van der Waals surface area contributed by atoms with Gasteiger partial charge in [-0.05, 0) is 64.7 Å². The van der Waals surface area contributed by atoms with E-state index in [1.807, 2.05) is 20.8 Å². The number of ether oxygens (including phenoxy) is 1. The number of rotatable bonds is 1. The van der Waals surface area contributed by atoms with Crippen molar-refractivity contribution in [2.24, 2.45) is 11.8 Å². The van der Waals surface area contributed by atoms with Crippen LogP contribution in [0.25, 0.3) is 0 Å². The fourth-order valence-electron chi connectivity index (χ4n) is 4.16. The van der Waals surface area contributed by atoms with Crippen LogP contribution < -0.4 is 5.32 Å². The van der Waals surface area contributed by atoms with Gasteiger partial charge in [-0.1, -0.05) is 11.6 Å². The molecule has 0 heterocycles. The van der Waals surface area contributed by atoms with Crippen LogP contribution in [0.2, 0.25) is 0 Å². The number of alkyl carbamates (subject to hydrolysis) is 1. The largest absolute Gasteiger partial charge is 0.444 e. The highest BCUT2D eigenvalue weighted by molar-refractivity contribution is 5.69. The number of carbonyl (C=O) groups is 1. The first kappa shape index (κ1) is 12.1. The molecule has 18 heavy (non-hydrogen) atoms. The molecular formula is C15H23NO2. The molecule has 4 aliphatic carbocycles. The molecule has 2 saturated carbocycles. The first-order valence-electron chi connectivity index (χ1n) is 7.04. The van der Waals surface area contributed by atoms with Crippen LogP contribution in [0.3, 0.4) is 0 Å². The van der Waals surface area contributed by atoms with E-state index in [0.717, 1.165) is 25.2 Å². The van der Waals surface area contributed by atoms with Gasteiger partial charge >= 0.3 is 6.09 Å². The monoisotopic (exact) mass is 249 g/mol.